The molecule has 2 aromatic heterocycles. The van der Waals surface area contributed by atoms with Crippen LogP contribution in [0.4, 0.5) is 10.6 Å². The van der Waals surface area contributed by atoms with Gasteiger partial charge in [-0.2, -0.15) is 0 Å². The number of rotatable bonds is 2. The van der Waals surface area contributed by atoms with Crippen LogP contribution < -0.4 is 4.90 Å². The van der Waals surface area contributed by atoms with Crippen LogP contribution in [0.25, 0.3) is 10.7 Å². The Kier molecular flexibility index (Phi) is 6.24. The van der Waals surface area contributed by atoms with Gasteiger partial charge in [0, 0.05) is 25.7 Å². The van der Waals surface area contributed by atoms with E-state index >= 15 is 0 Å². The second kappa shape index (κ2) is 8.18. The van der Waals surface area contributed by atoms with Crippen molar-refractivity contribution >= 4 is 58.1 Å². The van der Waals surface area contributed by atoms with Crippen LogP contribution in [0.15, 0.2) is 5.51 Å². The third-order valence-corrected chi connectivity index (χ3v) is 6.01. The molecule has 28 heavy (non-hydrogen) atoms. The number of carbonyl (C=O) groups is 1. The normalized spacial score (nSPS) is 17.8. The van der Waals surface area contributed by atoms with Crippen molar-refractivity contribution in [3.8, 4) is 10.7 Å². The molecule has 2 aromatic rings. The number of thiazole rings is 1. The molecular weight excluding hydrogens is 445 g/mol. The van der Waals surface area contributed by atoms with Gasteiger partial charge in [0.15, 0.2) is 21.9 Å². The molecule has 0 bridgehead atoms. The number of ether oxygens (including phenoxy) is 1. The van der Waals surface area contributed by atoms with Gasteiger partial charge in [-0.3, -0.25) is 0 Å². The number of piperazine rings is 1. The summed E-state index contributed by atoms with van der Waals surface area (Å²) in [7, 11) is 0. The van der Waals surface area contributed by atoms with Crippen molar-refractivity contribution in [2.24, 2.45) is 0 Å². The Morgan fingerprint density at radius 1 is 1.21 bits per heavy atom. The van der Waals surface area contributed by atoms with E-state index in [0.717, 1.165) is 0 Å². The van der Waals surface area contributed by atoms with Crippen LogP contribution in [-0.4, -0.2) is 57.2 Å². The van der Waals surface area contributed by atoms with Gasteiger partial charge in [0.25, 0.3) is 0 Å². The molecule has 0 spiro atoms. The quantitative estimate of drug-likeness (QED) is 0.582. The number of carbonyl (C=O) groups excluding carboxylic acids is 1. The van der Waals surface area contributed by atoms with Crippen LogP contribution in [0, 0.1) is 0 Å². The summed E-state index contributed by atoms with van der Waals surface area (Å²) < 4.78 is 5.47. The van der Waals surface area contributed by atoms with Gasteiger partial charge in [0.1, 0.15) is 15.5 Å². The molecule has 0 unspecified atom stereocenters. The van der Waals surface area contributed by atoms with E-state index in [2.05, 4.69) is 15.0 Å². The minimum Gasteiger partial charge on any atom is -0.444 e. The highest BCUT2D eigenvalue weighted by atomic mass is 35.5. The molecule has 3 rings (SSSR count). The summed E-state index contributed by atoms with van der Waals surface area (Å²) >= 11 is 20.1. The molecule has 1 amide bonds. The van der Waals surface area contributed by atoms with E-state index in [1.54, 1.807) is 10.4 Å². The molecule has 0 saturated carbocycles. The summed E-state index contributed by atoms with van der Waals surface area (Å²) in [6, 6.07) is -0.0467. The van der Waals surface area contributed by atoms with Crippen molar-refractivity contribution in [3.05, 3.63) is 20.8 Å². The first-order valence-corrected chi connectivity index (χ1v) is 10.6. The lowest BCUT2D eigenvalue weighted by Gasteiger charge is -2.41. The maximum absolute atomic E-state index is 12.4. The van der Waals surface area contributed by atoms with Crippen LogP contribution >= 0.6 is 46.1 Å². The first kappa shape index (κ1) is 21.4. The third-order valence-electron chi connectivity index (χ3n) is 4.07. The average molecular weight is 465 g/mol. The number of hydrogen-bond acceptors (Lipinski definition) is 7. The average Bonchev–Trinajstić information content (AvgIpc) is 3.02. The SMILES string of the molecule is C[C@@H]1CN(C(=O)OC(C)(C)C)CCN1c1nc(-c2scnc2Cl)nc(Cl)c1Cl. The van der Waals surface area contributed by atoms with E-state index in [0.29, 0.717) is 41.3 Å². The zero-order valence-electron chi connectivity index (χ0n) is 15.9. The zero-order chi connectivity index (χ0) is 20.6. The maximum atomic E-state index is 12.4. The van der Waals surface area contributed by atoms with Crippen molar-refractivity contribution in [2.45, 2.75) is 39.3 Å². The van der Waals surface area contributed by atoms with Crippen molar-refractivity contribution in [1.82, 2.24) is 19.9 Å². The molecule has 1 fully saturated rings. The number of amides is 1. The van der Waals surface area contributed by atoms with E-state index in [4.69, 9.17) is 39.5 Å². The van der Waals surface area contributed by atoms with Crippen molar-refractivity contribution in [1.29, 1.82) is 0 Å². The van der Waals surface area contributed by atoms with Crippen LogP contribution in [-0.2, 0) is 4.74 Å². The summed E-state index contributed by atoms with van der Waals surface area (Å²) in [4.78, 5) is 29.5. The number of aromatic nitrogens is 3. The van der Waals surface area contributed by atoms with Crippen LogP contribution in [0.3, 0.4) is 0 Å². The van der Waals surface area contributed by atoms with Crippen molar-refractivity contribution in [3.63, 3.8) is 0 Å². The number of anilines is 1. The second-order valence-corrected chi connectivity index (χ2v) is 9.37. The second-order valence-electron chi connectivity index (χ2n) is 7.42. The van der Waals surface area contributed by atoms with Gasteiger partial charge in [0.05, 0.1) is 5.51 Å². The Labute approximate surface area is 182 Å². The van der Waals surface area contributed by atoms with E-state index in [1.807, 2.05) is 32.6 Å². The van der Waals surface area contributed by atoms with E-state index < -0.39 is 5.60 Å². The summed E-state index contributed by atoms with van der Waals surface area (Å²) in [6.45, 7) is 9.01. The van der Waals surface area contributed by atoms with Gasteiger partial charge in [0.2, 0.25) is 0 Å². The van der Waals surface area contributed by atoms with Gasteiger partial charge in [-0.05, 0) is 27.7 Å². The first-order valence-electron chi connectivity index (χ1n) is 8.64. The molecule has 0 aromatic carbocycles. The first-order chi connectivity index (χ1) is 13.1. The number of hydrogen-bond donors (Lipinski definition) is 0. The molecule has 1 saturated heterocycles. The summed E-state index contributed by atoms with van der Waals surface area (Å²) in [5.41, 5.74) is 1.08. The monoisotopic (exact) mass is 463 g/mol. The highest BCUT2D eigenvalue weighted by Crippen LogP contribution is 2.36. The molecular formula is C17H20Cl3N5O2S. The molecule has 1 aliphatic heterocycles. The third kappa shape index (κ3) is 4.62. The lowest BCUT2D eigenvalue weighted by molar-refractivity contribution is 0.0218. The van der Waals surface area contributed by atoms with Crippen molar-refractivity contribution in [2.75, 3.05) is 24.5 Å². The summed E-state index contributed by atoms with van der Waals surface area (Å²) in [5.74, 6) is 0.885. The largest absolute Gasteiger partial charge is 0.444 e. The lowest BCUT2D eigenvalue weighted by atomic mass is 10.2. The minimum atomic E-state index is -0.538. The maximum Gasteiger partial charge on any atom is 0.410 e. The van der Waals surface area contributed by atoms with Crippen molar-refractivity contribution < 1.29 is 9.53 Å². The van der Waals surface area contributed by atoms with Crippen LogP contribution in [0.1, 0.15) is 27.7 Å². The standard InChI is InChI=1S/C17H20Cl3N5O2S/c1-9-7-24(16(26)27-17(2,3)4)5-6-25(9)15-10(18)12(19)22-14(23-15)11-13(20)21-8-28-11/h8-9H,5-7H2,1-4H3/t9-/m1/s1. The van der Waals surface area contributed by atoms with E-state index in [-0.39, 0.29) is 22.3 Å². The molecule has 0 N–H and O–H groups in total. The molecule has 1 atom stereocenters. The molecule has 0 aliphatic carbocycles. The summed E-state index contributed by atoms with van der Waals surface area (Å²) in [5, 5.41) is 0.730. The van der Waals surface area contributed by atoms with Gasteiger partial charge in [-0.1, -0.05) is 34.8 Å². The number of nitrogens with zero attached hydrogens (tertiary/aromatic N) is 5. The van der Waals surface area contributed by atoms with Crippen LogP contribution in [0.2, 0.25) is 15.3 Å². The Morgan fingerprint density at radius 2 is 1.93 bits per heavy atom. The smallest absolute Gasteiger partial charge is 0.410 e. The highest BCUT2D eigenvalue weighted by molar-refractivity contribution is 7.13. The Balaban J connectivity index is 1.84. The van der Waals surface area contributed by atoms with Crippen LogP contribution in [0.5, 0.6) is 0 Å². The molecule has 3 heterocycles. The molecule has 152 valence electrons. The fraction of sp³-hybridized carbons (Fsp3) is 0.529. The number of halogens is 3. The topological polar surface area (TPSA) is 71.5 Å². The Hall–Kier alpha value is -1.35. The predicted molar refractivity (Wildman–Crippen MR) is 113 cm³/mol. The van der Waals surface area contributed by atoms with Gasteiger partial charge >= 0.3 is 6.09 Å². The van der Waals surface area contributed by atoms with Gasteiger partial charge in [-0.15, -0.1) is 11.3 Å². The van der Waals surface area contributed by atoms with Gasteiger partial charge < -0.3 is 14.5 Å². The fourth-order valence-electron chi connectivity index (χ4n) is 2.84. The summed E-state index contributed by atoms with van der Waals surface area (Å²) in [6.07, 6.45) is -0.331. The fourth-order valence-corrected chi connectivity index (χ4v) is 4.14. The minimum absolute atomic E-state index is 0.0467. The highest BCUT2D eigenvalue weighted by Gasteiger charge is 2.32. The Morgan fingerprint density at radius 3 is 2.50 bits per heavy atom. The van der Waals surface area contributed by atoms with Gasteiger partial charge in [-0.25, -0.2) is 19.7 Å². The molecule has 11 heteroatoms. The lowest BCUT2D eigenvalue weighted by Crippen LogP contribution is -2.55. The Bertz CT molecular complexity index is 886. The molecule has 1 aliphatic rings. The molecule has 7 nitrogen and oxygen atoms in total. The van der Waals surface area contributed by atoms with E-state index in [9.17, 15) is 4.79 Å². The predicted octanol–water partition coefficient (Wildman–Crippen LogP) is 5.01. The zero-order valence-corrected chi connectivity index (χ0v) is 19.0. The van der Waals surface area contributed by atoms with E-state index in [1.165, 1.54) is 11.3 Å². The molecule has 0 radical (unpaired) electrons.